The fourth-order valence-electron chi connectivity index (χ4n) is 2.28. The summed E-state index contributed by atoms with van der Waals surface area (Å²) < 4.78 is 6.46. The zero-order valence-electron chi connectivity index (χ0n) is 12.1. The summed E-state index contributed by atoms with van der Waals surface area (Å²) in [7, 11) is 5.96. The second-order valence-electron chi connectivity index (χ2n) is 4.92. The standard InChI is InChI=1S/C17H17O2.ClH.Hg/c1-3-17(19-13(2)18)16-11-9-15(10-12-16)14-7-5-4-6-8-14;;/h4-12,17H,1,3H2,2H3;1H;/q;;+1/p-1. The number of benzene rings is 2. The average molecular weight is 489 g/mol. The first kappa shape index (κ1) is 16.5. The van der Waals surface area contributed by atoms with E-state index in [0.717, 1.165) is 15.9 Å². The van der Waals surface area contributed by atoms with E-state index in [2.05, 4.69) is 24.3 Å². The van der Waals surface area contributed by atoms with Crippen molar-refractivity contribution in [3.63, 3.8) is 0 Å². The number of carbonyl (C=O) groups is 1. The van der Waals surface area contributed by atoms with Crippen LogP contribution in [0.1, 0.15) is 25.0 Å². The van der Waals surface area contributed by atoms with Gasteiger partial charge in [-0.05, 0) is 0 Å². The van der Waals surface area contributed by atoms with E-state index in [0.29, 0.717) is 0 Å². The third kappa shape index (κ3) is 5.12. The van der Waals surface area contributed by atoms with E-state index in [-0.39, 0.29) is 12.1 Å². The molecule has 0 aliphatic heterocycles. The molecular weight excluding hydrogens is 472 g/mol. The van der Waals surface area contributed by atoms with Crippen molar-refractivity contribution in [1.82, 2.24) is 0 Å². The Kier molecular flexibility index (Phi) is 6.72. The molecule has 21 heavy (non-hydrogen) atoms. The molecule has 1 atom stereocenters. The van der Waals surface area contributed by atoms with Gasteiger partial charge in [-0.15, -0.1) is 0 Å². The van der Waals surface area contributed by atoms with Crippen molar-refractivity contribution >= 4 is 14.2 Å². The second kappa shape index (κ2) is 8.55. The van der Waals surface area contributed by atoms with Gasteiger partial charge in [-0.3, -0.25) is 0 Å². The van der Waals surface area contributed by atoms with Gasteiger partial charge in [0.15, 0.2) is 0 Å². The summed E-state index contributed by atoms with van der Waals surface area (Å²) in [5.74, 6) is -0.238. The van der Waals surface area contributed by atoms with E-state index >= 15 is 0 Å². The molecule has 0 spiro atoms. The minimum atomic E-state index is -1.20. The summed E-state index contributed by atoms with van der Waals surface area (Å²) in [5, 5.41) is 0. The quantitative estimate of drug-likeness (QED) is 0.422. The van der Waals surface area contributed by atoms with Gasteiger partial charge in [0.25, 0.3) is 0 Å². The van der Waals surface area contributed by atoms with Crippen molar-refractivity contribution in [1.29, 1.82) is 0 Å². The number of esters is 1. The number of halogens is 1. The van der Waals surface area contributed by atoms with Gasteiger partial charge in [0, 0.05) is 0 Å². The Hall–Kier alpha value is -0.865. The molecule has 2 aromatic rings. The molecule has 0 saturated carbocycles. The zero-order chi connectivity index (χ0) is 15.1. The van der Waals surface area contributed by atoms with Crippen molar-refractivity contribution < 1.29 is 32.9 Å². The van der Waals surface area contributed by atoms with Crippen LogP contribution in [0.5, 0.6) is 0 Å². The molecule has 0 aliphatic rings. The zero-order valence-corrected chi connectivity index (χ0v) is 18.3. The molecule has 0 bridgehead atoms. The fourth-order valence-corrected chi connectivity index (χ4v) is 5.67. The molecule has 2 rings (SSSR count). The Bertz CT molecular complexity index is 569. The Morgan fingerprint density at radius 1 is 1.10 bits per heavy atom. The van der Waals surface area contributed by atoms with Crippen molar-refractivity contribution in [2.75, 3.05) is 0 Å². The van der Waals surface area contributed by atoms with Crippen LogP contribution < -0.4 is 0 Å². The number of rotatable bonds is 6. The first-order valence-corrected chi connectivity index (χ1v) is 17.7. The molecule has 0 N–H and O–H groups in total. The van der Waals surface area contributed by atoms with E-state index in [1.54, 1.807) is 0 Å². The van der Waals surface area contributed by atoms with Crippen LogP contribution in [0.15, 0.2) is 54.6 Å². The molecular formula is C17H17ClHgO2. The molecule has 2 nitrogen and oxygen atoms in total. The van der Waals surface area contributed by atoms with Crippen LogP contribution >= 0.6 is 8.25 Å². The molecule has 0 fully saturated rings. The molecule has 0 aliphatic carbocycles. The maximum absolute atomic E-state index is 11.2. The Morgan fingerprint density at radius 2 is 1.71 bits per heavy atom. The number of carbonyl (C=O) groups excluding carboxylic acids is 1. The third-order valence-electron chi connectivity index (χ3n) is 3.30. The van der Waals surface area contributed by atoms with Gasteiger partial charge in [-0.2, -0.15) is 0 Å². The minimum absolute atomic E-state index is 0.161. The first-order valence-electron chi connectivity index (χ1n) is 7.09. The molecule has 1 unspecified atom stereocenters. The van der Waals surface area contributed by atoms with Crippen LogP contribution in [0.2, 0.25) is 3.93 Å². The molecule has 0 aromatic heterocycles. The van der Waals surface area contributed by atoms with Gasteiger partial charge in [0.2, 0.25) is 0 Å². The van der Waals surface area contributed by atoms with Crippen molar-refractivity contribution in [3.05, 3.63) is 60.2 Å². The summed E-state index contributed by atoms with van der Waals surface area (Å²) in [5.41, 5.74) is 3.40. The van der Waals surface area contributed by atoms with E-state index in [4.69, 9.17) is 13.0 Å². The summed E-state index contributed by atoms with van der Waals surface area (Å²) in [6.45, 7) is 1.45. The van der Waals surface area contributed by atoms with Gasteiger partial charge in [0.05, 0.1) is 0 Å². The van der Waals surface area contributed by atoms with Gasteiger partial charge in [0.1, 0.15) is 0 Å². The van der Waals surface area contributed by atoms with E-state index in [1.165, 1.54) is 18.1 Å². The average Bonchev–Trinajstić information content (AvgIpc) is 2.52. The third-order valence-corrected chi connectivity index (χ3v) is 8.27. The molecule has 4 heteroatoms. The predicted molar refractivity (Wildman–Crippen MR) is 81.7 cm³/mol. The second-order valence-corrected chi connectivity index (χ2v) is 12.5. The molecule has 2 aromatic carbocycles. The summed E-state index contributed by atoms with van der Waals surface area (Å²) in [4.78, 5) is 11.2. The van der Waals surface area contributed by atoms with Gasteiger partial charge >= 0.3 is 142 Å². The van der Waals surface area contributed by atoms with Crippen LogP contribution in [-0.4, -0.2) is 5.97 Å². The number of hydrogen-bond donors (Lipinski definition) is 0. The van der Waals surface area contributed by atoms with Gasteiger partial charge < -0.3 is 0 Å². The molecule has 0 saturated heterocycles. The fraction of sp³-hybridized carbons (Fsp3) is 0.235. The predicted octanol–water partition coefficient (Wildman–Crippen LogP) is 5.00. The van der Waals surface area contributed by atoms with Crippen molar-refractivity contribution in [2.24, 2.45) is 0 Å². The molecule has 106 valence electrons. The summed E-state index contributed by atoms with van der Waals surface area (Å²) in [6, 6.07) is 18.5. The first-order chi connectivity index (χ1) is 10.2. The Balaban J connectivity index is 2.16. The SMILES string of the molecule is CC(=O)OC(C[CH2][Hg][Cl])c1ccc(-c2ccccc2)cc1. The Labute approximate surface area is 141 Å². The van der Waals surface area contributed by atoms with Crippen LogP contribution in [0.4, 0.5) is 0 Å². The Morgan fingerprint density at radius 3 is 2.29 bits per heavy atom. The van der Waals surface area contributed by atoms with Crippen LogP contribution in [0, 0.1) is 0 Å². The van der Waals surface area contributed by atoms with Crippen molar-refractivity contribution in [2.45, 2.75) is 23.4 Å². The van der Waals surface area contributed by atoms with Gasteiger partial charge in [-0.1, -0.05) is 0 Å². The normalized spacial score (nSPS) is 11.5. The van der Waals surface area contributed by atoms with Crippen LogP contribution in [0.25, 0.3) is 11.1 Å². The van der Waals surface area contributed by atoms with E-state index < -0.39 is 23.3 Å². The van der Waals surface area contributed by atoms with Crippen molar-refractivity contribution in [3.8, 4) is 11.1 Å². The molecule has 0 heterocycles. The number of hydrogen-bond acceptors (Lipinski definition) is 2. The van der Waals surface area contributed by atoms with Crippen LogP contribution in [0.3, 0.4) is 0 Å². The molecule has 0 amide bonds. The van der Waals surface area contributed by atoms with Crippen LogP contribution in [-0.2, 0) is 32.9 Å². The van der Waals surface area contributed by atoms with Gasteiger partial charge in [-0.25, -0.2) is 0 Å². The van der Waals surface area contributed by atoms with E-state index in [9.17, 15) is 4.79 Å². The monoisotopic (exact) mass is 490 g/mol. The molecule has 0 radical (unpaired) electrons. The maximum atomic E-state index is 11.2. The summed E-state index contributed by atoms with van der Waals surface area (Å²) in [6.07, 6.45) is 0.682. The summed E-state index contributed by atoms with van der Waals surface area (Å²) >= 11 is -1.20. The van der Waals surface area contributed by atoms with E-state index in [1.807, 2.05) is 30.3 Å². The topological polar surface area (TPSA) is 26.3 Å². The number of ether oxygens (including phenoxy) is 1.